The smallest absolute Gasteiger partial charge is 0.240 e. The van der Waals surface area contributed by atoms with E-state index in [1.165, 1.54) is 16.9 Å². The molecule has 4 rings (SSSR count). The fraction of sp³-hybridized carbons (Fsp3) is 0.550. The maximum absolute atomic E-state index is 12.4. The first-order chi connectivity index (χ1) is 13.1. The van der Waals surface area contributed by atoms with Gasteiger partial charge in [0.25, 0.3) is 0 Å². The van der Waals surface area contributed by atoms with E-state index >= 15 is 0 Å². The number of piperidine rings is 2. The monoisotopic (exact) mass is 386 g/mol. The molecule has 7 heteroatoms. The van der Waals surface area contributed by atoms with Crippen molar-refractivity contribution in [3.05, 3.63) is 23.8 Å². The highest BCUT2D eigenvalue weighted by Crippen LogP contribution is 2.27. The van der Waals surface area contributed by atoms with Crippen molar-refractivity contribution >= 4 is 38.5 Å². The van der Waals surface area contributed by atoms with Crippen molar-refractivity contribution in [3.8, 4) is 0 Å². The molecule has 0 unspecified atom stereocenters. The summed E-state index contributed by atoms with van der Waals surface area (Å²) in [4.78, 5) is 33.2. The molecule has 2 fully saturated rings. The van der Waals surface area contributed by atoms with Crippen LogP contribution in [0.2, 0.25) is 0 Å². The molecule has 1 N–H and O–H groups in total. The van der Waals surface area contributed by atoms with E-state index in [1.807, 2.05) is 12.1 Å². The zero-order chi connectivity index (χ0) is 18.8. The molecular formula is C20H26N4O2S. The molecular weight excluding hydrogens is 360 g/mol. The highest BCUT2D eigenvalue weighted by molar-refractivity contribution is 7.22. The summed E-state index contributed by atoms with van der Waals surface area (Å²) < 4.78 is 1.09. The predicted octanol–water partition coefficient (Wildman–Crippen LogP) is 3.02. The second kappa shape index (κ2) is 7.94. The summed E-state index contributed by atoms with van der Waals surface area (Å²) in [5.41, 5.74) is 2.12. The average molecular weight is 387 g/mol. The van der Waals surface area contributed by atoms with E-state index in [0.717, 1.165) is 55.5 Å². The lowest BCUT2D eigenvalue weighted by molar-refractivity contribution is -0.137. The molecule has 2 aromatic rings. The van der Waals surface area contributed by atoms with Crippen LogP contribution in [0.4, 0.5) is 5.13 Å². The number of carbonyl (C=O) groups excluding carboxylic acids is 2. The minimum absolute atomic E-state index is 0.0155. The standard InChI is InChI=1S/C20H26N4O2S/c1-14-5-6-16-17(12-14)27-20(21-16)22-18(25)13-23-10-7-15(8-11-23)24-9-3-2-4-19(24)26/h5-6,12,15H,2-4,7-11,13H2,1H3,(H,21,22,25). The number of fused-ring (bicyclic) bond motifs is 1. The molecule has 27 heavy (non-hydrogen) atoms. The van der Waals surface area contributed by atoms with Crippen molar-refractivity contribution < 1.29 is 9.59 Å². The normalized spacial score (nSPS) is 19.6. The van der Waals surface area contributed by atoms with Gasteiger partial charge in [0.2, 0.25) is 11.8 Å². The van der Waals surface area contributed by atoms with Gasteiger partial charge in [-0.1, -0.05) is 17.4 Å². The zero-order valence-corrected chi connectivity index (χ0v) is 16.6. The molecule has 1 aromatic heterocycles. The van der Waals surface area contributed by atoms with Gasteiger partial charge in [0.05, 0.1) is 16.8 Å². The van der Waals surface area contributed by atoms with Crippen molar-refractivity contribution in [1.82, 2.24) is 14.8 Å². The van der Waals surface area contributed by atoms with Crippen molar-refractivity contribution in [1.29, 1.82) is 0 Å². The molecule has 0 atom stereocenters. The molecule has 2 aliphatic rings. The summed E-state index contributed by atoms with van der Waals surface area (Å²) in [5, 5.41) is 3.60. The van der Waals surface area contributed by atoms with Crippen LogP contribution in [0.1, 0.15) is 37.7 Å². The fourth-order valence-electron chi connectivity index (χ4n) is 4.05. The number of aryl methyl sites for hydroxylation is 1. The van der Waals surface area contributed by atoms with Crippen LogP contribution in [0.3, 0.4) is 0 Å². The lowest BCUT2D eigenvalue weighted by Crippen LogP contribution is -2.50. The topological polar surface area (TPSA) is 65.5 Å². The van der Waals surface area contributed by atoms with Crippen LogP contribution in [0.25, 0.3) is 10.2 Å². The van der Waals surface area contributed by atoms with Crippen molar-refractivity contribution in [2.24, 2.45) is 0 Å². The van der Waals surface area contributed by atoms with Gasteiger partial charge in [0, 0.05) is 32.1 Å². The molecule has 144 valence electrons. The van der Waals surface area contributed by atoms with Gasteiger partial charge in [-0.15, -0.1) is 0 Å². The number of benzene rings is 1. The number of amides is 2. The molecule has 0 spiro atoms. The van der Waals surface area contributed by atoms with E-state index in [9.17, 15) is 9.59 Å². The molecule has 2 aliphatic heterocycles. The van der Waals surface area contributed by atoms with Crippen molar-refractivity contribution in [2.45, 2.75) is 45.1 Å². The first kappa shape index (κ1) is 18.4. The third kappa shape index (κ3) is 4.30. The van der Waals surface area contributed by atoms with E-state index in [0.29, 0.717) is 30.0 Å². The van der Waals surface area contributed by atoms with E-state index in [-0.39, 0.29) is 5.91 Å². The van der Waals surface area contributed by atoms with E-state index in [1.54, 1.807) is 0 Å². The third-order valence-electron chi connectivity index (χ3n) is 5.52. The van der Waals surface area contributed by atoms with E-state index in [4.69, 9.17) is 0 Å². The number of thiazole rings is 1. The molecule has 2 saturated heterocycles. The van der Waals surface area contributed by atoms with Crippen LogP contribution in [0.15, 0.2) is 18.2 Å². The minimum atomic E-state index is -0.0155. The number of aromatic nitrogens is 1. The Bertz CT molecular complexity index is 842. The number of hydrogen-bond acceptors (Lipinski definition) is 5. The number of hydrogen-bond donors (Lipinski definition) is 1. The van der Waals surface area contributed by atoms with Crippen LogP contribution in [0.5, 0.6) is 0 Å². The molecule has 2 amide bonds. The van der Waals surface area contributed by atoms with E-state index in [2.05, 4.69) is 33.1 Å². The Morgan fingerprint density at radius 1 is 1.26 bits per heavy atom. The number of nitrogens with zero attached hydrogens (tertiary/aromatic N) is 3. The maximum Gasteiger partial charge on any atom is 0.240 e. The summed E-state index contributed by atoms with van der Waals surface area (Å²) in [6.07, 6.45) is 4.76. The molecule has 0 bridgehead atoms. The maximum atomic E-state index is 12.4. The van der Waals surface area contributed by atoms with Crippen LogP contribution in [-0.4, -0.2) is 58.8 Å². The highest BCUT2D eigenvalue weighted by atomic mass is 32.1. The Labute approximate surface area is 163 Å². The Morgan fingerprint density at radius 3 is 2.85 bits per heavy atom. The second-order valence-electron chi connectivity index (χ2n) is 7.59. The van der Waals surface area contributed by atoms with Crippen LogP contribution < -0.4 is 5.32 Å². The molecule has 3 heterocycles. The number of nitrogens with one attached hydrogen (secondary N) is 1. The van der Waals surface area contributed by atoms with Gasteiger partial charge < -0.3 is 10.2 Å². The number of rotatable bonds is 4. The summed E-state index contributed by atoms with van der Waals surface area (Å²) in [5.74, 6) is 0.293. The fourth-order valence-corrected chi connectivity index (χ4v) is 5.03. The molecule has 0 saturated carbocycles. The zero-order valence-electron chi connectivity index (χ0n) is 15.7. The Balaban J connectivity index is 1.28. The van der Waals surface area contributed by atoms with Crippen molar-refractivity contribution in [3.63, 3.8) is 0 Å². The first-order valence-electron chi connectivity index (χ1n) is 9.77. The van der Waals surface area contributed by atoms with Gasteiger partial charge in [-0.25, -0.2) is 4.98 Å². The number of anilines is 1. The summed E-state index contributed by atoms with van der Waals surface area (Å²) >= 11 is 1.52. The van der Waals surface area contributed by atoms with Gasteiger partial charge in [-0.3, -0.25) is 14.5 Å². The lowest BCUT2D eigenvalue weighted by atomic mass is 9.99. The third-order valence-corrected chi connectivity index (χ3v) is 6.45. The summed E-state index contributed by atoms with van der Waals surface area (Å²) in [6, 6.07) is 6.47. The Kier molecular flexibility index (Phi) is 5.41. The lowest BCUT2D eigenvalue weighted by Gasteiger charge is -2.40. The van der Waals surface area contributed by atoms with Crippen LogP contribution in [-0.2, 0) is 9.59 Å². The molecule has 6 nitrogen and oxygen atoms in total. The van der Waals surface area contributed by atoms with Gasteiger partial charge in [-0.2, -0.15) is 0 Å². The second-order valence-corrected chi connectivity index (χ2v) is 8.62. The number of carbonyl (C=O) groups is 2. The molecule has 0 aliphatic carbocycles. The quantitative estimate of drug-likeness (QED) is 0.877. The van der Waals surface area contributed by atoms with Crippen molar-refractivity contribution in [2.75, 3.05) is 31.5 Å². The summed E-state index contributed by atoms with van der Waals surface area (Å²) in [6.45, 7) is 5.07. The molecule has 0 radical (unpaired) electrons. The van der Waals surface area contributed by atoms with Gasteiger partial charge in [0.15, 0.2) is 5.13 Å². The highest BCUT2D eigenvalue weighted by Gasteiger charge is 2.29. The SMILES string of the molecule is Cc1ccc2nc(NC(=O)CN3CCC(N4CCCCC4=O)CC3)sc2c1. The largest absolute Gasteiger partial charge is 0.340 e. The minimum Gasteiger partial charge on any atom is -0.340 e. The van der Waals surface area contributed by atoms with E-state index < -0.39 is 0 Å². The average Bonchev–Trinajstić information content (AvgIpc) is 3.04. The summed E-state index contributed by atoms with van der Waals surface area (Å²) in [7, 11) is 0. The first-order valence-corrected chi connectivity index (χ1v) is 10.6. The van der Waals surface area contributed by atoms with Gasteiger partial charge >= 0.3 is 0 Å². The number of likely N-dealkylation sites (tertiary alicyclic amines) is 2. The van der Waals surface area contributed by atoms with Gasteiger partial charge in [-0.05, 0) is 50.3 Å². The van der Waals surface area contributed by atoms with Gasteiger partial charge in [0.1, 0.15) is 0 Å². The predicted molar refractivity (Wildman–Crippen MR) is 108 cm³/mol. The Hall–Kier alpha value is -1.99. The Morgan fingerprint density at radius 2 is 2.07 bits per heavy atom. The van der Waals surface area contributed by atoms with Crippen LogP contribution in [0, 0.1) is 6.92 Å². The van der Waals surface area contributed by atoms with Crippen LogP contribution >= 0.6 is 11.3 Å². The molecule has 1 aromatic carbocycles.